The number of carbonyl (C=O) groups excluding carboxylic acids is 1. The van der Waals surface area contributed by atoms with Crippen LogP contribution in [0.4, 0.5) is 5.82 Å². The summed E-state index contributed by atoms with van der Waals surface area (Å²) in [5.74, 6) is -0.488. The highest BCUT2D eigenvalue weighted by Crippen LogP contribution is 2.21. The number of anilines is 1. The molecule has 1 aliphatic heterocycles. The monoisotopic (exact) mass is 407 g/mol. The number of piperidine rings is 1. The smallest absolute Gasteiger partial charge is 0.337 e. The molecule has 0 aliphatic carbocycles. The molecule has 3 heterocycles. The van der Waals surface area contributed by atoms with Gasteiger partial charge in [0.15, 0.2) is 11.0 Å². The average molecular weight is 408 g/mol. The predicted molar refractivity (Wildman–Crippen MR) is 103 cm³/mol. The average Bonchev–Trinajstić information content (AvgIpc) is 3.09. The van der Waals surface area contributed by atoms with Crippen molar-refractivity contribution < 1.29 is 19.4 Å². The number of carboxylic acid groups (broad SMARTS) is 1. The molecule has 0 aromatic carbocycles. The van der Waals surface area contributed by atoms with Crippen LogP contribution >= 0.6 is 11.6 Å². The van der Waals surface area contributed by atoms with E-state index in [-0.39, 0.29) is 29.4 Å². The number of halogens is 1. The first kappa shape index (κ1) is 20.1. The summed E-state index contributed by atoms with van der Waals surface area (Å²) >= 11 is 6.01. The number of ether oxygens (including phenoxy) is 1. The molecule has 1 amide bonds. The fraction of sp³-hybridized carbons (Fsp3) is 0.444. The lowest BCUT2D eigenvalue weighted by atomic mass is 10.0. The molecule has 0 bridgehead atoms. The second-order valence-corrected chi connectivity index (χ2v) is 6.87. The van der Waals surface area contributed by atoms with Gasteiger partial charge in [0.25, 0.3) is 5.91 Å². The van der Waals surface area contributed by atoms with Gasteiger partial charge in [-0.2, -0.15) is 0 Å². The molecule has 9 nitrogen and oxygen atoms in total. The number of aryl methyl sites for hydroxylation is 1. The number of nitrogens with one attached hydrogen (secondary N) is 2. The van der Waals surface area contributed by atoms with E-state index in [1.807, 2.05) is 11.8 Å². The van der Waals surface area contributed by atoms with Gasteiger partial charge >= 0.3 is 5.97 Å². The maximum absolute atomic E-state index is 12.5. The van der Waals surface area contributed by atoms with Gasteiger partial charge in [0, 0.05) is 26.4 Å². The van der Waals surface area contributed by atoms with Crippen LogP contribution in [0.15, 0.2) is 18.3 Å². The third-order valence-electron chi connectivity index (χ3n) is 4.79. The van der Waals surface area contributed by atoms with Gasteiger partial charge in [0.05, 0.1) is 23.4 Å². The Labute approximate surface area is 167 Å². The summed E-state index contributed by atoms with van der Waals surface area (Å²) < 4.78 is 5.57. The molecule has 10 heteroatoms. The first-order valence-electron chi connectivity index (χ1n) is 8.95. The number of hydrogen-bond donors (Lipinski definition) is 3. The maximum atomic E-state index is 12.5. The van der Waals surface area contributed by atoms with E-state index in [2.05, 4.69) is 20.3 Å². The van der Waals surface area contributed by atoms with Gasteiger partial charge in [-0.3, -0.25) is 4.79 Å². The Hall–Kier alpha value is -2.65. The topological polar surface area (TPSA) is 120 Å². The van der Waals surface area contributed by atoms with Gasteiger partial charge in [0.2, 0.25) is 0 Å². The largest absolute Gasteiger partial charge is 0.478 e. The fourth-order valence-electron chi connectivity index (χ4n) is 3.19. The van der Waals surface area contributed by atoms with Crippen molar-refractivity contribution >= 4 is 29.3 Å². The standard InChI is InChI=1S/C18H22ClN5O4/c1-3-11-15(19)23-16(21-11)17(25)22-12-6-7-24(9-13(12)28-2)14-5-4-10(8-20-14)18(26)27/h4-5,8,12-13H,3,6-7,9H2,1-2H3,(H,21,23)(H,22,25)(H,26,27)/t12-,13+/m0/s1. The van der Waals surface area contributed by atoms with Crippen LogP contribution in [-0.2, 0) is 11.2 Å². The molecular weight excluding hydrogens is 386 g/mol. The Morgan fingerprint density at radius 3 is 2.82 bits per heavy atom. The van der Waals surface area contributed by atoms with E-state index in [0.717, 1.165) is 5.69 Å². The summed E-state index contributed by atoms with van der Waals surface area (Å²) in [4.78, 5) is 36.7. The molecule has 0 saturated carbocycles. The lowest BCUT2D eigenvalue weighted by Crippen LogP contribution is -2.55. The molecule has 1 saturated heterocycles. The van der Waals surface area contributed by atoms with Crippen molar-refractivity contribution in [2.45, 2.75) is 31.9 Å². The van der Waals surface area contributed by atoms with Gasteiger partial charge < -0.3 is 25.0 Å². The Morgan fingerprint density at radius 2 is 2.25 bits per heavy atom. The number of rotatable bonds is 6. The van der Waals surface area contributed by atoms with Crippen LogP contribution in [0.3, 0.4) is 0 Å². The Balaban J connectivity index is 1.65. The summed E-state index contributed by atoms with van der Waals surface area (Å²) in [5.41, 5.74) is 0.860. The van der Waals surface area contributed by atoms with Crippen molar-refractivity contribution in [1.29, 1.82) is 0 Å². The van der Waals surface area contributed by atoms with Crippen molar-refractivity contribution in [3.8, 4) is 0 Å². The summed E-state index contributed by atoms with van der Waals surface area (Å²) in [7, 11) is 1.59. The number of carboxylic acids is 1. The van der Waals surface area contributed by atoms with Crippen LogP contribution in [0.25, 0.3) is 0 Å². The summed E-state index contributed by atoms with van der Waals surface area (Å²) in [6.45, 7) is 3.08. The van der Waals surface area contributed by atoms with Gasteiger partial charge in [-0.05, 0) is 25.0 Å². The van der Waals surface area contributed by atoms with Gasteiger partial charge in [-0.15, -0.1) is 0 Å². The minimum absolute atomic E-state index is 0.137. The van der Waals surface area contributed by atoms with Crippen LogP contribution in [0.2, 0.25) is 5.15 Å². The molecule has 1 aliphatic rings. The highest BCUT2D eigenvalue weighted by atomic mass is 35.5. The SMILES string of the molecule is CCc1[nH]c(C(=O)N[C@H]2CCN(c3ccc(C(=O)O)cn3)C[C@H]2OC)nc1Cl. The van der Waals surface area contributed by atoms with Crippen molar-refractivity contribution in [3.05, 3.63) is 40.6 Å². The van der Waals surface area contributed by atoms with Crippen LogP contribution in [-0.4, -0.2) is 64.3 Å². The van der Waals surface area contributed by atoms with E-state index < -0.39 is 5.97 Å². The lowest BCUT2D eigenvalue weighted by molar-refractivity contribution is 0.0537. The zero-order chi connectivity index (χ0) is 20.3. The number of hydrogen-bond acceptors (Lipinski definition) is 6. The Kier molecular flexibility index (Phi) is 6.15. The Morgan fingerprint density at radius 1 is 1.46 bits per heavy atom. The fourth-order valence-corrected chi connectivity index (χ4v) is 3.46. The number of imidazole rings is 1. The number of nitrogens with zero attached hydrogens (tertiary/aromatic N) is 3. The predicted octanol–water partition coefficient (Wildman–Crippen LogP) is 1.74. The van der Waals surface area contributed by atoms with Crippen molar-refractivity contribution in [2.75, 3.05) is 25.1 Å². The molecule has 28 heavy (non-hydrogen) atoms. The van der Waals surface area contributed by atoms with Gasteiger partial charge in [0.1, 0.15) is 5.82 Å². The number of methoxy groups -OCH3 is 1. The third kappa shape index (κ3) is 4.26. The summed E-state index contributed by atoms with van der Waals surface area (Å²) in [5, 5.41) is 12.2. The number of H-pyrrole nitrogens is 1. The van der Waals surface area contributed by atoms with Crippen LogP contribution in [0.5, 0.6) is 0 Å². The summed E-state index contributed by atoms with van der Waals surface area (Å²) in [6.07, 6.45) is 2.38. The van der Waals surface area contributed by atoms with E-state index in [4.69, 9.17) is 21.4 Å². The lowest BCUT2D eigenvalue weighted by Gasteiger charge is -2.38. The summed E-state index contributed by atoms with van der Waals surface area (Å²) in [6, 6.07) is 3.00. The number of pyridine rings is 1. The van der Waals surface area contributed by atoms with E-state index >= 15 is 0 Å². The molecule has 2 aromatic heterocycles. The second-order valence-electron chi connectivity index (χ2n) is 6.51. The normalized spacial score (nSPS) is 19.5. The molecule has 0 spiro atoms. The first-order valence-corrected chi connectivity index (χ1v) is 9.33. The molecule has 3 rings (SSSR count). The Bertz CT molecular complexity index is 854. The van der Waals surface area contributed by atoms with Gasteiger partial charge in [-0.25, -0.2) is 14.8 Å². The molecule has 2 atom stereocenters. The third-order valence-corrected chi connectivity index (χ3v) is 5.11. The second kappa shape index (κ2) is 8.57. The van der Waals surface area contributed by atoms with E-state index in [0.29, 0.717) is 36.9 Å². The quantitative estimate of drug-likeness (QED) is 0.666. The molecule has 1 fully saturated rings. The molecular formula is C18H22ClN5O4. The van der Waals surface area contributed by atoms with Crippen LogP contribution < -0.4 is 10.2 Å². The number of aromatic nitrogens is 3. The first-order chi connectivity index (χ1) is 13.4. The zero-order valence-electron chi connectivity index (χ0n) is 15.6. The van der Waals surface area contributed by atoms with Crippen molar-refractivity contribution in [1.82, 2.24) is 20.3 Å². The minimum Gasteiger partial charge on any atom is -0.478 e. The minimum atomic E-state index is -1.01. The van der Waals surface area contributed by atoms with Crippen LogP contribution in [0.1, 0.15) is 40.0 Å². The molecule has 150 valence electrons. The molecule has 0 unspecified atom stereocenters. The molecule has 2 aromatic rings. The van der Waals surface area contributed by atoms with Crippen molar-refractivity contribution in [3.63, 3.8) is 0 Å². The number of amides is 1. The molecule has 3 N–H and O–H groups in total. The highest BCUT2D eigenvalue weighted by molar-refractivity contribution is 6.30. The van der Waals surface area contributed by atoms with Crippen LogP contribution in [0, 0.1) is 0 Å². The number of aromatic amines is 1. The number of aromatic carboxylic acids is 1. The van der Waals surface area contributed by atoms with E-state index in [1.165, 1.54) is 12.3 Å². The number of carbonyl (C=O) groups is 2. The van der Waals surface area contributed by atoms with E-state index in [9.17, 15) is 9.59 Å². The maximum Gasteiger partial charge on any atom is 0.337 e. The zero-order valence-corrected chi connectivity index (χ0v) is 16.4. The van der Waals surface area contributed by atoms with Gasteiger partial charge in [-0.1, -0.05) is 18.5 Å². The van der Waals surface area contributed by atoms with E-state index in [1.54, 1.807) is 13.2 Å². The molecule has 0 radical (unpaired) electrons. The highest BCUT2D eigenvalue weighted by Gasteiger charge is 2.32. The van der Waals surface area contributed by atoms with Crippen molar-refractivity contribution in [2.24, 2.45) is 0 Å².